The maximum atomic E-state index is 12.4. The lowest BCUT2D eigenvalue weighted by Crippen LogP contribution is -2.64. The zero-order valence-corrected chi connectivity index (χ0v) is 12.4. The molecule has 0 amide bonds. The van der Waals surface area contributed by atoms with E-state index < -0.39 is 10.0 Å². The number of nitrogens with zero attached hydrogens (tertiary/aromatic N) is 1. The van der Waals surface area contributed by atoms with Gasteiger partial charge in [-0.15, -0.1) is 0 Å². The normalized spacial score (nSPS) is 23.3. The van der Waals surface area contributed by atoms with E-state index in [0.717, 1.165) is 11.8 Å². The fourth-order valence-electron chi connectivity index (χ4n) is 3.40. The van der Waals surface area contributed by atoms with Crippen LogP contribution >= 0.6 is 0 Å². The smallest absolute Gasteiger partial charge is 0.207 e. The highest BCUT2D eigenvalue weighted by atomic mass is 32.2. The Morgan fingerprint density at radius 1 is 1.16 bits per heavy atom. The molecule has 1 saturated carbocycles. The van der Waals surface area contributed by atoms with Crippen molar-refractivity contribution in [2.45, 2.75) is 31.6 Å². The minimum Gasteiger partial charge on any atom is -0.207 e. The fraction of sp³-hybridized carbons (Fsp3) is 0.600. The molecule has 0 bridgehead atoms. The predicted molar refractivity (Wildman–Crippen MR) is 75.2 cm³/mol. The van der Waals surface area contributed by atoms with E-state index in [0.29, 0.717) is 23.4 Å². The second-order valence-electron chi connectivity index (χ2n) is 6.50. The number of sulfonamides is 1. The topological polar surface area (TPSA) is 37.4 Å². The molecular weight excluding hydrogens is 258 g/mol. The summed E-state index contributed by atoms with van der Waals surface area (Å²) in [7, 11) is -3.25. The third-order valence-electron chi connectivity index (χ3n) is 4.74. The molecule has 1 aromatic carbocycles. The monoisotopic (exact) mass is 279 g/mol. The van der Waals surface area contributed by atoms with E-state index in [1.54, 1.807) is 28.6 Å². The first-order chi connectivity index (χ1) is 8.93. The van der Waals surface area contributed by atoms with Crippen LogP contribution in [0.1, 0.15) is 26.7 Å². The molecule has 0 N–H and O–H groups in total. The molecule has 0 unspecified atom stereocenters. The first kappa shape index (κ1) is 13.1. The Labute approximate surface area is 115 Å². The Bertz CT molecular complexity index is 551. The SMILES string of the molecule is CC(C)C1CC2(C1)CN(S(=O)(=O)c1ccccc1)C2. The Hall–Kier alpha value is -0.870. The molecule has 4 heteroatoms. The van der Waals surface area contributed by atoms with Crippen LogP contribution in [0.5, 0.6) is 0 Å². The lowest BCUT2D eigenvalue weighted by atomic mass is 9.56. The summed E-state index contributed by atoms with van der Waals surface area (Å²) in [4.78, 5) is 0.421. The van der Waals surface area contributed by atoms with Crippen LogP contribution in [0, 0.1) is 17.3 Å². The Morgan fingerprint density at radius 3 is 2.26 bits per heavy atom. The van der Waals surface area contributed by atoms with Gasteiger partial charge in [-0.3, -0.25) is 0 Å². The minimum atomic E-state index is -3.25. The van der Waals surface area contributed by atoms with Gasteiger partial charge in [-0.25, -0.2) is 8.42 Å². The third kappa shape index (κ3) is 2.11. The average Bonchev–Trinajstić information content (AvgIpc) is 2.25. The number of hydrogen-bond acceptors (Lipinski definition) is 2. The van der Waals surface area contributed by atoms with E-state index in [-0.39, 0.29) is 0 Å². The van der Waals surface area contributed by atoms with E-state index >= 15 is 0 Å². The highest BCUT2D eigenvalue weighted by Gasteiger charge is 2.55. The van der Waals surface area contributed by atoms with Crippen LogP contribution < -0.4 is 0 Å². The van der Waals surface area contributed by atoms with E-state index in [1.807, 2.05) is 6.07 Å². The fourth-order valence-corrected chi connectivity index (χ4v) is 5.08. The highest BCUT2D eigenvalue weighted by molar-refractivity contribution is 7.89. The summed E-state index contributed by atoms with van der Waals surface area (Å²) in [6, 6.07) is 8.76. The summed E-state index contributed by atoms with van der Waals surface area (Å²) < 4.78 is 26.4. The summed E-state index contributed by atoms with van der Waals surface area (Å²) in [6.45, 7) is 5.95. The molecule has 2 fully saturated rings. The lowest BCUT2D eigenvalue weighted by molar-refractivity contribution is -0.0679. The summed E-state index contributed by atoms with van der Waals surface area (Å²) in [5.74, 6) is 1.52. The Kier molecular flexibility index (Phi) is 2.98. The molecule has 1 aromatic rings. The van der Waals surface area contributed by atoms with Crippen LogP contribution in [0.15, 0.2) is 35.2 Å². The van der Waals surface area contributed by atoms with Crippen molar-refractivity contribution >= 4 is 10.0 Å². The van der Waals surface area contributed by atoms with Crippen LogP contribution in [0.3, 0.4) is 0 Å². The maximum absolute atomic E-state index is 12.4. The van der Waals surface area contributed by atoms with Crippen LogP contribution in [-0.2, 0) is 10.0 Å². The van der Waals surface area contributed by atoms with Crippen LogP contribution in [0.2, 0.25) is 0 Å². The summed E-state index contributed by atoms with van der Waals surface area (Å²) in [5.41, 5.74) is 0.302. The van der Waals surface area contributed by atoms with Crippen molar-refractivity contribution in [3.63, 3.8) is 0 Å². The third-order valence-corrected chi connectivity index (χ3v) is 6.54. The zero-order valence-electron chi connectivity index (χ0n) is 11.5. The van der Waals surface area contributed by atoms with Crippen molar-refractivity contribution in [2.24, 2.45) is 17.3 Å². The second-order valence-corrected chi connectivity index (χ2v) is 8.44. The molecule has 1 saturated heterocycles. The maximum Gasteiger partial charge on any atom is 0.243 e. The predicted octanol–water partition coefficient (Wildman–Crippen LogP) is 2.74. The molecule has 1 spiro atoms. The van der Waals surface area contributed by atoms with Crippen molar-refractivity contribution in [1.29, 1.82) is 0 Å². The molecule has 1 heterocycles. The van der Waals surface area contributed by atoms with Gasteiger partial charge in [0.1, 0.15) is 0 Å². The lowest BCUT2D eigenvalue weighted by Gasteiger charge is -2.59. The van der Waals surface area contributed by atoms with Gasteiger partial charge >= 0.3 is 0 Å². The molecule has 3 rings (SSSR count). The molecule has 19 heavy (non-hydrogen) atoms. The summed E-state index contributed by atoms with van der Waals surface area (Å²) >= 11 is 0. The highest BCUT2D eigenvalue weighted by Crippen LogP contribution is 2.55. The Morgan fingerprint density at radius 2 is 1.74 bits per heavy atom. The standard InChI is InChI=1S/C15H21NO2S/c1-12(2)13-8-15(9-13)10-16(11-15)19(17,18)14-6-4-3-5-7-14/h3-7,12-13H,8-11H2,1-2H3. The van der Waals surface area contributed by atoms with Gasteiger partial charge < -0.3 is 0 Å². The molecule has 104 valence electrons. The largest absolute Gasteiger partial charge is 0.243 e. The summed E-state index contributed by atoms with van der Waals surface area (Å²) in [5, 5.41) is 0. The van der Waals surface area contributed by atoms with Crippen LogP contribution in [-0.4, -0.2) is 25.8 Å². The molecule has 3 nitrogen and oxygen atoms in total. The van der Waals surface area contributed by atoms with Crippen molar-refractivity contribution < 1.29 is 8.42 Å². The quantitative estimate of drug-likeness (QED) is 0.853. The van der Waals surface area contributed by atoms with E-state index in [4.69, 9.17) is 0 Å². The molecule has 1 aliphatic carbocycles. The van der Waals surface area contributed by atoms with E-state index in [9.17, 15) is 8.42 Å². The van der Waals surface area contributed by atoms with Crippen LogP contribution in [0.25, 0.3) is 0 Å². The number of rotatable bonds is 3. The molecule has 0 radical (unpaired) electrons. The van der Waals surface area contributed by atoms with Gasteiger partial charge in [0.05, 0.1) is 4.90 Å². The van der Waals surface area contributed by atoms with Crippen LogP contribution in [0.4, 0.5) is 0 Å². The molecule has 2 aliphatic rings. The Balaban J connectivity index is 1.66. The second kappa shape index (κ2) is 4.32. The summed E-state index contributed by atoms with van der Waals surface area (Å²) in [6.07, 6.45) is 2.40. The number of benzene rings is 1. The van der Waals surface area contributed by atoms with Gasteiger partial charge in [0.25, 0.3) is 0 Å². The van der Waals surface area contributed by atoms with Gasteiger partial charge in [-0.05, 0) is 42.2 Å². The molecule has 0 atom stereocenters. The first-order valence-corrected chi connectivity index (χ1v) is 8.42. The van der Waals surface area contributed by atoms with Gasteiger partial charge in [0.2, 0.25) is 10.0 Å². The van der Waals surface area contributed by atoms with Crippen molar-refractivity contribution in [2.75, 3.05) is 13.1 Å². The molecular formula is C15H21NO2S. The minimum absolute atomic E-state index is 0.302. The van der Waals surface area contributed by atoms with Crippen molar-refractivity contribution in [3.05, 3.63) is 30.3 Å². The van der Waals surface area contributed by atoms with E-state index in [1.165, 1.54) is 12.8 Å². The van der Waals surface area contributed by atoms with Gasteiger partial charge in [0, 0.05) is 13.1 Å². The van der Waals surface area contributed by atoms with Crippen molar-refractivity contribution in [3.8, 4) is 0 Å². The number of hydrogen-bond donors (Lipinski definition) is 0. The van der Waals surface area contributed by atoms with Crippen molar-refractivity contribution in [1.82, 2.24) is 4.31 Å². The van der Waals surface area contributed by atoms with E-state index in [2.05, 4.69) is 13.8 Å². The van der Waals surface area contributed by atoms with Gasteiger partial charge in [-0.1, -0.05) is 32.0 Å². The van der Waals surface area contributed by atoms with Gasteiger partial charge in [0.15, 0.2) is 0 Å². The van der Waals surface area contributed by atoms with Gasteiger partial charge in [-0.2, -0.15) is 4.31 Å². The first-order valence-electron chi connectivity index (χ1n) is 6.98. The average molecular weight is 279 g/mol. The zero-order chi connectivity index (χ0) is 13.7. The molecule has 0 aromatic heterocycles. The molecule has 1 aliphatic heterocycles.